The Morgan fingerprint density at radius 1 is 1.06 bits per heavy atom. The van der Waals surface area contributed by atoms with Crippen LogP contribution in [0.2, 0.25) is 0 Å². The van der Waals surface area contributed by atoms with Gasteiger partial charge in [0.15, 0.2) is 5.17 Å². The van der Waals surface area contributed by atoms with Crippen LogP contribution in [0.15, 0.2) is 83.5 Å². The molecule has 0 atom stereocenters. The minimum atomic E-state index is -0.505. The van der Waals surface area contributed by atoms with Crippen LogP contribution in [-0.4, -0.2) is 22.7 Å². The number of amidine groups is 1. The van der Waals surface area contributed by atoms with Crippen LogP contribution in [0.5, 0.6) is 0 Å². The number of hydrogen-bond acceptors (Lipinski definition) is 4. The number of carbonyl (C=O) groups excluding carboxylic acids is 2. The van der Waals surface area contributed by atoms with Crippen LogP contribution in [0, 0.1) is 12.7 Å². The van der Waals surface area contributed by atoms with E-state index in [1.54, 1.807) is 18.2 Å². The quantitative estimate of drug-likeness (QED) is 0.411. The van der Waals surface area contributed by atoms with Gasteiger partial charge in [-0.05, 0) is 54.3 Å². The lowest BCUT2D eigenvalue weighted by Gasteiger charge is -2.18. The molecule has 0 fully saturated rings. The third-order valence-electron chi connectivity index (χ3n) is 5.51. The van der Waals surface area contributed by atoms with E-state index in [2.05, 4.69) is 24.2 Å². The lowest BCUT2D eigenvalue weighted by Crippen LogP contribution is -2.31. The van der Waals surface area contributed by atoms with Gasteiger partial charge in [-0.15, -0.1) is 0 Å². The van der Waals surface area contributed by atoms with Crippen LogP contribution in [-0.2, 0) is 9.59 Å². The number of rotatable bonds is 6. The van der Waals surface area contributed by atoms with Crippen molar-refractivity contribution in [3.05, 3.63) is 101 Å². The first-order valence-corrected chi connectivity index (χ1v) is 12.3. The van der Waals surface area contributed by atoms with E-state index in [0.29, 0.717) is 22.5 Å². The van der Waals surface area contributed by atoms with Gasteiger partial charge in [-0.1, -0.05) is 79.7 Å². The van der Waals surface area contributed by atoms with Crippen molar-refractivity contribution < 1.29 is 14.0 Å². The molecule has 35 heavy (non-hydrogen) atoms. The van der Waals surface area contributed by atoms with Gasteiger partial charge >= 0.3 is 0 Å². The second kappa shape index (κ2) is 10.7. The Morgan fingerprint density at radius 2 is 1.74 bits per heavy atom. The van der Waals surface area contributed by atoms with Crippen LogP contribution < -0.4 is 10.2 Å². The highest BCUT2D eigenvalue weighted by Gasteiger charge is 2.32. The molecule has 178 valence electrons. The topological polar surface area (TPSA) is 61.8 Å². The van der Waals surface area contributed by atoms with E-state index >= 15 is 0 Å². The normalized spacial score (nSPS) is 14.5. The molecule has 0 spiro atoms. The van der Waals surface area contributed by atoms with Gasteiger partial charge in [0.2, 0.25) is 5.91 Å². The van der Waals surface area contributed by atoms with Gasteiger partial charge in [0, 0.05) is 0 Å². The molecule has 1 heterocycles. The number of para-hydroxylation sites is 1. The molecule has 0 unspecified atom stereocenters. The first-order valence-electron chi connectivity index (χ1n) is 11.3. The molecule has 0 saturated carbocycles. The summed E-state index contributed by atoms with van der Waals surface area (Å²) in [5, 5.41) is 2.96. The van der Waals surface area contributed by atoms with Crippen molar-refractivity contribution in [1.82, 2.24) is 0 Å². The van der Waals surface area contributed by atoms with E-state index in [4.69, 9.17) is 0 Å². The van der Waals surface area contributed by atoms with Crippen molar-refractivity contribution in [3.63, 3.8) is 0 Å². The number of nitrogens with one attached hydrogen (secondary N) is 1. The summed E-state index contributed by atoms with van der Waals surface area (Å²) in [5.74, 6) is -0.772. The van der Waals surface area contributed by atoms with E-state index in [9.17, 15) is 14.0 Å². The summed E-state index contributed by atoms with van der Waals surface area (Å²) in [4.78, 5) is 31.9. The molecule has 0 saturated heterocycles. The second-order valence-corrected chi connectivity index (χ2v) is 9.48. The van der Waals surface area contributed by atoms with E-state index in [0.717, 1.165) is 22.9 Å². The fourth-order valence-electron chi connectivity index (χ4n) is 3.53. The summed E-state index contributed by atoms with van der Waals surface area (Å²) in [6.45, 7) is 6.23. The Morgan fingerprint density at radius 3 is 2.40 bits per heavy atom. The van der Waals surface area contributed by atoms with Crippen molar-refractivity contribution >= 4 is 46.2 Å². The standard InChI is InChI=1S/C28H26FN3O2S/c1-18(2)21-12-10-20(11-13-21)16-25-27(34)32(22-14-8-19(3)9-15-22)28(31-25)35-17-26(33)30-24-7-5-4-6-23(24)29/h4-16,18H,17H2,1-3H3,(H,30,33). The lowest BCUT2D eigenvalue weighted by molar-refractivity contribution is -0.114. The van der Waals surface area contributed by atoms with Crippen LogP contribution in [0.1, 0.15) is 36.5 Å². The molecule has 0 aromatic heterocycles. The molecular weight excluding hydrogens is 461 g/mol. The molecule has 1 aliphatic rings. The van der Waals surface area contributed by atoms with Gasteiger partial charge in [0.05, 0.1) is 17.1 Å². The maximum Gasteiger partial charge on any atom is 0.283 e. The fourth-order valence-corrected chi connectivity index (χ4v) is 4.34. The number of nitrogens with zero attached hydrogens (tertiary/aromatic N) is 2. The van der Waals surface area contributed by atoms with Crippen LogP contribution in [0.25, 0.3) is 6.08 Å². The van der Waals surface area contributed by atoms with E-state index in [1.807, 2.05) is 55.5 Å². The molecule has 0 bridgehead atoms. The number of aryl methyl sites for hydroxylation is 1. The molecule has 4 rings (SSSR count). The SMILES string of the molecule is Cc1ccc(N2C(=O)C(=Cc3ccc(C(C)C)cc3)N=C2SCC(=O)Nc2ccccc2F)cc1. The zero-order valence-corrected chi connectivity index (χ0v) is 20.6. The average Bonchev–Trinajstić information content (AvgIpc) is 3.15. The Kier molecular flexibility index (Phi) is 7.46. The summed E-state index contributed by atoms with van der Waals surface area (Å²) in [5.41, 5.74) is 4.22. The molecule has 7 heteroatoms. The molecule has 1 aliphatic heterocycles. The number of amides is 2. The number of carbonyl (C=O) groups is 2. The van der Waals surface area contributed by atoms with Crippen LogP contribution >= 0.6 is 11.8 Å². The summed E-state index contributed by atoms with van der Waals surface area (Å²) in [6.07, 6.45) is 1.75. The van der Waals surface area contributed by atoms with Crippen LogP contribution in [0.3, 0.4) is 0 Å². The minimum Gasteiger partial charge on any atom is -0.323 e. The Bertz CT molecular complexity index is 1300. The second-order valence-electron chi connectivity index (χ2n) is 8.54. The number of aliphatic imine (C=N–C) groups is 1. The van der Waals surface area contributed by atoms with Crippen molar-refractivity contribution in [3.8, 4) is 0 Å². The van der Waals surface area contributed by atoms with Gasteiger partial charge in [0.25, 0.3) is 5.91 Å². The van der Waals surface area contributed by atoms with Gasteiger partial charge in [-0.2, -0.15) is 0 Å². The number of hydrogen-bond donors (Lipinski definition) is 1. The van der Waals surface area contributed by atoms with E-state index in [1.165, 1.54) is 22.6 Å². The van der Waals surface area contributed by atoms with Crippen molar-refractivity contribution in [2.75, 3.05) is 16.0 Å². The molecular formula is C28H26FN3O2S. The maximum atomic E-state index is 13.9. The zero-order valence-electron chi connectivity index (χ0n) is 19.8. The highest BCUT2D eigenvalue weighted by atomic mass is 32.2. The Balaban J connectivity index is 1.57. The van der Waals surface area contributed by atoms with E-state index < -0.39 is 5.82 Å². The molecule has 3 aromatic carbocycles. The highest BCUT2D eigenvalue weighted by Crippen LogP contribution is 2.30. The summed E-state index contributed by atoms with van der Waals surface area (Å²) in [7, 11) is 0. The minimum absolute atomic E-state index is 0.0286. The Hall–Kier alpha value is -3.71. The van der Waals surface area contributed by atoms with Gasteiger partial charge < -0.3 is 5.32 Å². The largest absolute Gasteiger partial charge is 0.323 e. The Labute approximate surface area is 208 Å². The van der Waals surface area contributed by atoms with Gasteiger partial charge in [0.1, 0.15) is 11.5 Å². The van der Waals surface area contributed by atoms with Crippen LogP contribution in [0.4, 0.5) is 15.8 Å². The summed E-state index contributed by atoms with van der Waals surface area (Å²) in [6, 6.07) is 21.5. The molecule has 0 aliphatic carbocycles. The third-order valence-corrected chi connectivity index (χ3v) is 6.45. The van der Waals surface area contributed by atoms with Crippen molar-refractivity contribution in [2.24, 2.45) is 4.99 Å². The molecule has 2 amide bonds. The van der Waals surface area contributed by atoms with Gasteiger partial charge in [-0.25, -0.2) is 9.38 Å². The fraction of sp³-hybridized carbons (Fsp3) is 0.179. The maximum absolute atomic E-state index is 13.9. The lowest BCUT2D eigenvalue weighted by atomic mass is 10.0. The summed E-state index contributed by atoms with van der Waals surface area (Å²) < 4.78 is 13.9. The van der Waals surface area contributed by atoms with Crippen molar-refractivity contribution in [2.45, 2.75) is 26.7 Å². The van der Waals surface area contributed by atoms with Gasteiger partial charge in [-0.3, -0.25) is 14.5 Å². The number of anilines is 2. The number of halogens is 1. The molecule has 1 N–H and O–H groups in total. The average molecular weight is 488 g/mol. The number of thioether (sulfide) groups is 1. The predicted molar refractivity (Wildman–Crippen MR) is 142 cm³/mol. The molecule has 5 nitrogen and oxygen atoms in total. The van der Waals surface area contributed by atoms with E-state index in [-0.39, 0.29) is 23.3 Å². The zero-order chi connectivity index (χ0) is 24.9. The first-order chi connectivity index (χ1) is 16.8. The third kappa shape index (κ3) is 5.87. The monoisotopic (exact) mass is 487 g/mol. The predicted octanol–water partition coefficient (Wildman–Crippen LogP) is 6.37. The van der Waals surface area contributed by atoms with Crippen molar-refractivity contribution in [1.29, 1.82) is 0 Å². The first kappa shape index (κ1) is 24.4. The summed E-state index contributed by atoms with van der Waals surface area (Å²) >= 11 is 1.13. The molecule has 3 aromatic rings. The molecule has 0 radical (unpaired) electrons. The highest BCUT2D eigenvalue weighted by molar-refractivity contribution is 8.14. The number of benzene rings is 3. The smallest absolute Gasteiger partial charge is 0.283 e.